The molecule has 9 rings (SSSR count). The highest BCUT2D eigenvalue weighted by molar-refractivity contribution is 6.52. The Morgan fingerprint density at radius 1 is 0.244 bits per heavy atom. The van der Waals surface area contributed by atoms with E-state index in [4.69, 9.17) is 0 Å². The van der Waals surface area contributed by atoms with Crippen LogP contribution in [0.3, 0.4) is 0 Å². The van der Waals surface area contributed by atoms with E-state index in [1.165, 1.54) is 111 Å². The molecule has 426 valence electrons. The van der Waals surface area contributed by atoms with E-state index < -0.39 is 9.52 Å². The summed E-state index contributed by atoms with van der Waals surface area (Å²) in [5.41, 5.74) is 20.3. The summed E-state index contributed by atoms with van der Waals surface area (Å²) in [5.74, 6) is 0. The van der Waals surface area contributed by atoms with Crippen molar-refractivity contribution in [1.29, 1.82) is 0 Å². The third-order valence-corrected chi connectivity index (χ3v) is 18.2. The lowest BCUT2D eigenvalue weighted by Crippen LogP contribution is -2.23. The maximum atomic E-state index is 2.69. The minimum Gasteiger partial charge on any atom is -0.309 e. The van der Waals surface area contributed by atoms with Crippen molar-refractivity contribution in [3.8, 4) is 22.3 Å². The summed E-state index contributed by atoms with van der Waals surface area (Å²) < 4.78 is 0. The summed E-state index contributed by atoms with van der Waals surface area (Å²) >= 11 is 0. The predicted octanol–water partition coefficient (Wildman–Crippen LogP) is 22.2. The second-order valence-corrected chi connectivity index (χ2v) is 32.4. The third-order valence-electron chi connectivity index (χ3n) is 17.0. The first-order valence-corrected chi connectivity index (χ1v) is 32.5. The number of anilines is 6. The number of hydrogen-bond acceptors (Lipinski definition) is 2. The average molecular weight is 1100 g/mol. The molecule has 0 aliphatic heterocycles. The minimum absolute atomic E-state index is 0.0790. The molecule has 0 heterocycles. The number of rotatable bonds is 9. The normalized spacial score (nSPS) is 13.2. The van der Waals surface area contributed by atoms with Crippen LogP contribution in [0, 0.1) is 0 Å². The van der Waals surface area contributed by atoms with Crippen molar-refractivity contribution in [1.82, 2.24) is 0 Å². The van der Waals surface area contributed by atoms with Crippen molar-refractivity contribution >= 4 is 70.4 Å². The van der Waals surface area contributed by atoms with Gasteiger partial charge in [-0.05, 0) is 160 Å². The first-order valence-electron chi connectivity index (χ1n) is 30.4. The molecule has 0 atom stereocenters. The topological polar surface area (TPSA) is 6.48 Å². The van der Waals surface area contributed by atoms with Gasteiger partial charge in [-0.1, -0.05) is 266 Å². The van der Waals surface area contributed by atoms with Crippen molar-refractivity contribution in [2.24, 2.45) is 0 Å². The quantitative estimate of drug-likeness (QED) is 0.0807. The molecule has 3 heteroatoms. The number of fused-ring (bicyclic) bond motifs is 2. The molecule has 0 saturated heterocycles. The van der Waals surface area contributed by atoms with E-state index in [1.807, 2.05) is 0 Å². The highest BCUT2D eigenvalue weighted by Crippen LogP contribution is 2.55. The largest absolute Gasteiger partial charge is 0.309 e. The number of benzene rings is 9. The van der Waals surface area contributed by atoms with Gasteiger partial charge in [0.2, 0.25) is 0 Å². The molecule has 2 nitrogen and oxygen atoms in total. The van der Waals surface area contributed by atoms with Crippen LogP contribution in [0.1, 0.15) is 184 Å². The van der Waals surface area contributed by atoms with Crippen LogP contribution in [0.25, 0.3) is 43.8 Å². The van der Waals surface area contributed by atoms with Crippen molar-refractivity contribution < 1.29 is 0 Å². The Labute approximate surface area is 498 Å². The van der Waals surface area contributed by atoms with Gasteiger partial charge in [-0.25, -0.2) is 0 Å². The molecule has 82 heavy (non-hydrogen) atoms. The SMILES string of the molecule is C[SiH2]c1cc(N(c2cc(C(C)(C)C)cc(C(C)(C)C)c2)c2c3ccc(-c4ccccc4)cc3c(N(c3cc(C(C)(C)C)cc(C(C)(C)C)c3)c3cc(C(C)(C)C)cc(C(C)(C)C)c3)c3ccc(-c4ccccc4)cc23)cc(C(C)(C)C)c1. The van der Waals surface area contributed by atoms with Crippen LogP contribution in [0.4, 0.5) is 34.1 Å². The molecule has 0 spiro atoms. The van der Waals surface area contributed by atoms with Gasteiger partial charge >= 0.3 is 0 Å². The summed E-state index contributed by atoms with van der Waals surface area (Å²) in [5, 5.41) is 6.23. The van der Waals surface area contributed by atoms with E-state index in [-0.39, 0.29) is 37.9 Å². The summed E-state index contributed by atoms with van der Waals surface area (Å²) in [6.45, 7) is 52.2. The molecular formula is C79H96N2Si. The molecule has 0 bridgehead atoms. The van der Waals surface area contributed by atoms with E-state index in [1.54, 1.807) is 0 Å². The molecule has 0 aliphatic rings. The fraction of sp³-hybridized carbons (Fsp3) is 0.367. The first-order chi connectivity index (χ1) is 38.0. The van der Waals surface area contributed by atoms with Gasteiger partial charge in [-0.15, -0.1) is 0 Å². The molecule has 9 aromatic rings. The standard InChI is InChI=1S/C79H96N2Si/c1-73(2,3)55-39-56(74(4,5)6)43-62(42-55)80(63-44-57(75(7,8)9)40-58(45-63)76(10,11)12)71-67-35-33-54(52-31-27-24-28-32-52)38-70(67)72(68-36-34-53(37-69(68)71)51-29-25-23-26-30-51)81(65-48-61(79(19,20)21)49-66(50-65)82-22)64-46-59(77(13,14)15)41-60(47-64)78(16,17)18/h23-50H,82H2,1-22H3. The van der Waals surface area contributed by atoms with Gasteiger partial charge in [0.15, 0.2) is 0 Å². The van der Waals surface area contributed by atoms with Crippen LogP contribution in [0.2, 0.25) is 6.55 Å². The van der Waals surface area contributed by atoms with Crippen LogP contribution >= 0.6 is 0 Å². The lowest BCUT2D eigenvalue weighted by atomic mass is 9.79. The van der Waals surface area contributed by atoms with Gasteiger partial charge in [0.05, 0.1) is 20.9 Å². The van der Waals surface area contributed by atoms with E-state index in [2.05, 4.69) is 332 Å². The zero-order valence-electron chi connectivity index (χ0n) is 54.3. The molecule has 0 N–H and O–H groups in total. The Balaban J connectivity index is 1.61. The summed E-state index contributed by atoms with van der Waals surface area (Å²) in [6, 6.07) is 66.8. The third kappa shape index (κ3) is 12.5. The minimum atomic E-state index is -0.585. The van der Waals surface area contributed by atoms with E-state index in [0.717, 1.165) is 11.4 Å². The Morgan fingerprint density at radius 2 is 0.500 bits per heavy atom. The Bertz CT molecular complexity index is 3640. The molecule has 9 aromatic carbocycles. The van der Waals surface area contributed by atoms with Crippen molar-refractivity contribution in [2.75, 3.05) is 9.80 Å². The van der Waals surface area contributed by atoms with E-state index in [0.29, 0.717) is 0 Å². The molecule has 0 unspecified atom stereocenters. The van der Waals surface area contributed by atoms with Crippen LogP contribution in [-0.2, 0) is 37.9 Å². The van der Waals surface area contributed by atoms with Crippen LogP contribution in [-0.4, -0.2) is 9.52 Å². The summed E-state index contributed by atoms with van der Waals surface area (Å²) in [6.07, 6.45) is 0. The van der Waals surface area contributed by atoms with Crippen molar-refractivity contribution in [2.45, 2.75) is 190 Å². The summed E-state index contributed by atoms with van der Waals surface area (Å²) in [4.78, 5) is 5.38. The molecule has 0 amide bonds. The average Bonchev–Trinajstić information content (AvgIpc) is 2.91. The predicted molar refractivity (Wildman–Crippen MR) is 367 cm³/mol. The number of hydrogen-bond donors (Lipinski definition) is 0. The van der Waals surface area contributed by atoms with Gasteiger partial charge in [0, 0.05) is 44.3 Å². The first kappa shape index (κ1) is 59.9. The maximum absolute atomic E-state index is 2.69. The highest BCUT2D eigenvalue weighted by Gasteiger charge is 2.33. The molecule has 0 saturated carbocycles. The Kier molecular flexibility index (Phi) is 15.7. The maximum Gasteiger partial charge on any atom is 0.0620 e. The van der Waals surface area contributed by atoms with E-state index >= 15 is 0 Å². The van der Waals surface area contributed by atoms with Gasteiger partial charge in [0.1, 0.15) is 0 Å². The highest BCUT2D eigenvalue weighted by atomic mass is 28.2. The van der Waals surface area contributed by atoms with Crippen LogP contribution < -0.4 is 15.0 Å². The van der Waals surface area contributed by atoms with Crippen molar-refractivity contribution in [3.05, 3.63) is 209 Å². The van der Waals surface area contributed by atoms with Gasteiger partial charge in [-0.2, -0.15) is 0 Å². The van der Waals surface area contributed by atoms with Crippen molar-refractivity contribution in [3.63, 3.8) is 0 Å². The molecule has 0 aliphatic carbocycles. The zero-order valence-corrected chi connectivity index (χ0v) is 55.7. The van der Waals surface area contributed by atoms with Gasteiger partial charge in [-0.3, -0.25) is 0 Å². The van der Waals surface area contributed by atoms with Gasteiger partial charge in [0.25, 0.3) is 0 Å². The fourth-order valence-corrected chi connectivity index (χ4v) is 12.2. The molecular weight excluding hydrogens is 1000 g/mol. The zero-order chi connectivity index (χ0) is 59.9. The number of nitrogens with zero attached hydrogens (tertiary/aromatic N) is 2. The van der Waals surface area contributed by atoms with Crippen LogP contribution in [0.15, 0.2) is 170 Å². The molecule has 0 aromatic heterocycles. The lowest BCUT2D eigenvalue weighted by molar-refractivity contribution is 0.567. The summed E-state index contributed by atoms with van der Waals surface area (Å²) in [7, 11) is -0.585. The second kappa shape index (κ2) is 21.5. The monoisotopic (exact) mass is 1100 g/mol. The van der Waals surface area contributed by atoms with E-state index in [9.17, 15) is 0 Å². The Morgan fingerprint density at radius 3 is 0.756 bits per heavy atom. The van der Waals surface area contributed by atoms with Gasteiger partial charge < -0.3 is 9.80 Å². The molecule has 0 fully saturated rings. The fourth-order valence-electron chi connectivity index (χ4n) is 11.4. The smallest absolute Gasteiger partial charge is 0.0620 e. The Hall–Kier alpha value is -6.68. The molecule has 0 radical (unpaired) electrons. The lowest BCUT2D eigenvalue weighted by Gasteiger charge is -2.37. The second-order valence-electron chi connectivity index (χ2n) is 30.9. The van der Waals surface area contributed by atoms with Crippen LogP contribution in [0.5, 0.6) is 0 Å².